The highest BCUT2D eigenvalue weighted by Gasteiger charge is 2.32. The molecule has 0 rings (SSSR count). The Morgan fingerprint density at radius 3 is 2.17 bits per heavy atom. The Kier molecular flexibility index (Phi) is 5.48. The first-order valence-corrected chi connectivity index (χ1v) is 6.81. The van der Waals surface area contributed by atoms with Crippen LogP contribution in [0.1, 0.15) is 20.8 Å². The lowest BCUT2D eigenvalue weighted by Crippen LogP contribution is -2.42. The summed E-state index contributed by atoms with van der Waals surface area (Å²) in [5, 5.41) is 1.83. The molecule has 0 saturated carbocycles. The van der Waals surface area contributed by atoms with Gasteiger partial charge in [0.05, 0.1) is 12.8 Å². The minimum atomic E-state index is -3.95. The quantitative estimate of drug-likeness (QED) is 0.767. The average Bonchev–Trinajstić information content (AvgIpc) is 2.08. The van der Waals surface area contributed by atoms with Gasteiger partial charge in [-0.3, -0.25) is 4.18 Å². The maximum Gasteiger partial charge on any atom is 0.407 e. The zero-order valence-corrected chi connectivity index (χ0v) is 11.4. The van der Waals surface area contributed by atoms with Crippen molar-refractivity contribution >= 4 is 16.2 Å². The molecule has 1 amide bonds. The molecule has 6 nitrogen and oxygen atoms in total. The lowest BCUT2D eigenvalue weighted by atomic mass is 10.2. The number of halogens is 2. The molecule has 0 atom stereocenters. The second-order valence-corrected chi connectivity index (χ2v) is 6.32. The van der Waals surface area contributed by atoms with Crippen molar-refractivity contribution in [1.82, 2.24) is 5.32 Å². The van der Waals surface area contributed by atoms with E-state index >= 15 is 0 Å². The summed E-state index contributed by atoms with van der Waals surface area (Å²) in [5.41, 5.74) is -0.803. The van der Waals surface area contributed by atoms with Gasteiger partial charge in [-0.05, 0) is 20.8 Å². The van der Waals surface area contributed by atoms with Crippen molar-refractivity contribution < 1.29 is 30.9 Å². The molecule has 0 aromatic rings. The summed E-state index contributed by atoms with van der Waals surface area (Å²) in [7, 11) is -3.95. The molecule has 0 aromatic carbocycles. The van der Waals surface area contributed by atoms with Gasteiger partial charge in [0, 0.05) is 0 Å². The van der Waals surface area contributed by atoms with Gasteiger partial charge in [0.15, 0.2) is 0 Å². The number of hydrogen-bond acceptors (Lipinski definition) is 5. The number of hydrogen-bond donors (Lipinski definition) is 1. The van der Waals surface area contributed by atoms with Crippen LogP contribution in [0.15, 0.2) is 0 Å². The third kappa shape index (κ3) is 10.2. The standard InChI is InChI=1S/C9H17F2NO5S/c1-8(2,3)17-7(13)12-5-9(10,11)6-16-18(4,14)15/h5-6H2,1-4H3,(H,12,13). The van der Waals surface area contributed by atoms with E-state index in [1.165, 1.54) is 0 Å². The van der Waals surface area contributed by atoms with Gasteiger partial charge in [0.2, 0.25) is 0 Å². The summed E-state index contributed by atoms with van der Waals surface area (Å²) < 4.78 is 55.9. The summed E-state index contributed by atoms with van der Waals surface area (Å²) in [4.78, 5) is 11.1. The van der Waals surface area contributed by atoms with Crippen molar-refractivity contribution in [2.75, 3.05) is 19.4 Å². The number of amides is 1. The predicted molar refractivity (Wildman–Crippen MR) is 60.0 cm³/mol. The topological polar surface area (TPSA) is 81.7 Å². The molecule has 0 aromatic heterocycles. The molecule has 0 fully saturated rings. The van der Waals surface area contributed by atoms with Gasteiger partial charge in [0.1, 0.15) is 12.2 Å². The number of nitrogens with one attached hydrogen (secondary N) is 1. The highest BCUT2D eigenvalue weighted by molar-refractivity contribution is 7.85. The Balaban J connectivity index is 4.15. The fraction of sp³-hybridized carbons (Fsp3) is 0.889. The second-order valence-electron chi connectivity index (χ2n) is 4.68. The molecule has 0 aliphatic rings. The van der Waals surface area contributed by atoms with Gasteiger partial charge in [0.25, 0.3) is 16.0 Å². The van der Waals surface area contributed by atoms with Crippen molar-refractivity contribution in [3.05, 3.63) is 0 Å². The lowest BCUT2D eigenvalue weighted by molar-refractivity contribution is -0.0390. The van der Waals surface area contributed by atoms with Crippen LogP contribution in [0, 0.1) is 0 Å². The molecular weight excluding hydrogens is 272 g/mol. The number of carbonyl (C=O) groups excluding carboxylic acids is 1. The van der Waals surface area contributed by atoms with Gasteiger partial charge in [-0.1, -0.05) is 0 Å². The van der Waals surface area contributed by atoms with E-state index in [1.807, 2.05) is 5.32 Å². The first kappa shape index (κ1) is 17.0. The Labute approximate surface area is 105 Å². The average molecular weight is 289 g/mol. The monoisotopic (exact) mass is 289 g/mol. The summed E-state index contributed by atoms with van der Waals surface area (Å²) in [6, 6.07) is 0. The highest BCUT2D eigenvalue weighted by atomic mass is 32.2. The van der Waals surface area contributed by atoms with E-state index in [9.17, 15) is 22.0 Å². The molecule has 0 aliphatic carbocycles. The van der Waals surface area contributed by atoms with Crippen LogP contribution >= 0.6 is 0 Å². The van der Waals surface area contributed by atoms with E-state index in [4.69, 9.17) is 4.74 Å². The SMILES string of the molecule is CC(C)(C)OC(=O)NCC(F)(F)COS(C)(=O)=O. The number of alkyl halides is 2. The van der Waals surface area contributed by atoms with Gasteiger partial charge in [-0.2, -0.15) is 8.42 Å². The Hall–Kier alpha value is -0.960. The van der Waals surface area contributed by atoms with Crippen molar-refractivity contribution in [1.29, 1.82) is 0 Å². The molecule has 0 heterocycles. The minimum Gasteiger partial charge on any atom is -0.444 e. The summed E-state index contributed by atoms with van der Waals surface area (Å²) >= 11 is 0. The van der Waals surface area contributed by atoms with E-state index in [1.54, 1.807) is 20.8 Å². The van der Waals surface area contributed by atoms with Crippen molar-refractivity contribution in [2.24, 2.45) is 0 Å². The van der Waals surface area contributed by atoms with Gasteiger partial charge in [-0.25, -0.2) is 13.6 Å². The Bertz CT molecular complexity index is 388. The molecule has 0 bridgehead atoms. The van der Waals surface area contributed by atoms with E-state index in [0.717, 1.165) is 0 Å². The van der Waals surface area contributed by atoms with E-state index < -0.39 is 40.9 Å². The lowest BCUT2D eigenvalue weighted by Gasteiger charge is -2.21. The zero-order valence-electron chi connectivity index (χ0n) is 10.6. The molecule has 9 heteroatoms. The fourth-order valence-electron chi connectivity index (χ4n) is 0.760. The molecule has 18 heavy (non-hydrogen) atoms. The van der Waals surface area contributed by atoms with Gasteiger partial charge < -0.3 is 10.1 Å². The molecule has 108 valence electrons. The minimum absolute atomic E-state index is 0.657. The Morgan fingerprint density at radius 1 is 1.28 bits per heavy atom. The molecule has 0 unspecified atom stereocenters. The van der Waals surface area contributed by atoms with Crippen LogP contribution in [0.3, 0.4) is 0 Å². The summed E-state index contributed by atoms with van der Waals surface area (Å²) in [6.07, 6.45) is -0.355. The number of ether oxygens (including phenoxy) is 1. The van der Waals surface area contributed by atoms with Gasteiger partial charge in [-0.15, -0.1) is 0 Å². The maximum atomic E-state index is 13.1. The molecule has 0 saturated heterocycles. The maximum absolute atomic E-state index is 13.1. The number of rotatable bonds is 5. The van der Waals surface area contributed by atoms with Crippen LogP contribution < -0.4 is 5.32 Å². The predicted octanol–water partition coefficient (Wildman–Crippen LogP) is 1.12. The van der Waals surface area contributed by atoms with E-state index in [-0.39, 0.29) is 0 Å². The van der Waals surface area contributed by atoms with Crippen LogP contribution in [0.25, 0.3) is 0 Å². The summed E-state index contributed by atoms with van der Waals surface area (Å²) in [6.45, 7) is 2.34. The fourth-order valence-corrected chi connectivity index (χ4v) is 1.15. The Morgan fingerprint density at radius 2 is 1.78 bits per heavy atom. The molecule has 0 spiro atoms. The van der Waals surface area contributed by atoms with Gasteiger partial charge >= 0.3 is 6.09 Å². The zero-order chi connectivity index (χ0) is 14.6. The number of carbonyl (C=O) groups is 1. The van der Waals surface area contributed by atoms with Crippen molar-refractivity contribution in [3.63, 3.8) is 0 Å². The van der Waals surface area contributed by atoms with Crippen LogP contribution in [0.4, 0.5) is 13.6 Å². The highest BCUT2D eigenvalue weighted by Crippen LogP contribution is 2.14. The summed E-state index contributed by atoms with van der Waals surface area (Å²) in [5.74, 6) is -3.50. The first-order valence-electron chi connectivity index (χ1n) is 5.00. The smallest absolute Gasteiger partial charge is 0.407 e. The number of alkyl carbamates (subject to hydrolysis) is 1. The van der Waals surface area contributed by atoms with Crippen LogP contribution in [-0.4, -0.2) is 45.4 Å². The normalized spacial score (nSPS) is 13.2. The largest absolute Gasteiger partial charge is 0.444 e. The molecule has 1 N–H and O–H groups in total. The van der Waals surface area contributed by atoms with Crippen LogP contribution in [0.2, 0.25) is 0 Å². The van der Waals surface area contributed by atoms with Crippen LogP contribution in [0.5, 0.6) is 0 Å². The molecular formula is C9H17F2NO5S. The third-order valence-corrected chi connectivity index (χ3v) is 1.92. The van der Waals surface area contributed by atoms with E-state index in [0.29, 0.717) is 6.26 Å². The first-order chi connectivity index (χ1) is 7.81. The van der Waals surface area contributed by atoms with Crippen molar-refractivity contribution in [2.45, 2.75) is 32.3 Å². The third-order valence-electron chi connectivity index (χ3n) is 1.37. The van der Waals surface area contributed by atoms with Crippen molar-refractivity contribution in [3.8, 4) is 0 Å². The van der Waals surface area contributed by atoms with E-state index in [2.05, 4.69) is 4.18 Å². The molecule has 0 radical (unpaired) electrons. The van der Waals surface area contributed by atoms with Crippen LogP contribution in [-0.2, 0) is 19.0 Å². The second kappa shape index (κ2) is 5.79. The molecule has 0 aliphatic heterocycles.